The minimum atomic E-state index is -2.06. The van der Waals surface area contributed by atoms with Crippen molar-refractivity contribution in [2.24, 2.45) is 11.8 Å². The number of nitrogens with zero attached hydrogens (tertiary/aromatic N) is 1. The molecule has 35 heavy (non-hydrogen) atoms. The van der Waals surface area contributed by atoms with Gasteiger partial charge >= 0.3 is 0 Å². The number of carbonyl (C=O) groups is 4. The van der Waals surface area contributed by atoms with Gasteiger partial charge in [-0.05, 0) is 65.8 Å². The molecule has 2 saturated heterocycles. The van der Waals surface area contributed by atoms with E-state index in [1.54, 1.807) is 36.4 Å². The molecule has 0 radical (unpaired) electrons. The summed E-state index contributed by atoms with van der Waals surface area (Å²) in [5.74, 6) is -4.37. The number of rotatable bonds is 2. The molecule has 2 heterocycles. The summed E-state index contributed by atoms with van der Waals surface area (Å²) in [6, 6.07) is 19.4. The lowest BCUT2D eigenvalue weighted by molar-refractivity contribution is -0.127. The number of hydrogen-bond acceptors (Lipinski definition) is 5. The average Bonchev–Trinajstić information content (AvgIpc) is 3.40. The zero-order valence-electron chi connectivity index (χ0n) is 18.9. The van der Waals surface area contributed by atoms with Crippen LogP contribution in [0.5, 0.6) is 0 Å². The molecule has 1 spiro atoms. The minimum Gasteiger partial charge on any atom is -0.349 e. The maximum atomic E-state index is 14.0. The lowest BCUT2D eigenvalue weighted by atomic mass is 9.77. The Morgan fingerprint density at radius 1 is 0.829 bits per heavy atom. The Morgan fingerprint density at radius 3 is 2.14 bits per heavy atom. The fourth-order valence-electron chi connectivity index (χ4n) is 5.80. The van der Waals surface area contributed by atoms with Crippen molar-refractivity contribution in [1.82, 2.24) is 0 Å². The number of hydrogen-bond donors (Lipinski definition) is 0. The van der Waals surface area contributed by atoms with Gasteiger partial charge in [0.25, 0.3) is 0 Å². The molecule has 6 nitrogen and oxygen atoms in total. The predicted octanol–water partition coefficient (Wildman–Crippen LogP) is 4.60. The summed E-state index contributed by atoms with van der Waals surface area (Å²) in [6.45, 7) is 3.77. The minimum absolute atomic E-state index is 0.227. The summed E-state index contributed by atoms with van der Waals surface area (Å²) in [5, 5.41) is 0. The van der Waals surface area contributed by atoms with Gasteiger partial charge in [-0.3, -0.25) is 19.2 Å². The van der Waals surface area contributed by atoms with E-state index < -0.39 is 46.9 Å². The molecule has 0 bridgehead atoms. The highest BCUT2D eigenvalue weighted by Gasteiger charge is 2.74. The third kappa shape index (κ3) is 2.91. The fourth-order valence-corrected chi connectivity index (χ4v) is 6.36. The van der Waals surface area contributed by atoms with Crippen LogP contribution < -0.4 is 4.90 Å². The Morgan fingerprint density at radius 2 is 1.51 bits per heavy atom. The Hall–Kier alpha value is -3.17. The van der Waals surface area contributed by atoms with Gasteiger partial charge < -0.3 is 4.74 Å². The number of fused-ring (bicyclic) bond motifs is 3. The second-order valence-corrected chi connectivity index (χ2v) is 10.6. The first-order chi connectivity index (χ1) is 16.8. The molecule has 0 N–H and O–H groups in total. The molecule has 0 saturated carbocycles. The van der Waals surface area contributed by atoms with E-state index in [9.17, 15) is 19.2 Å². The average molecular weight is 577 g/mol. The van der Waals surface area contributed by atoms with Crippen LogP contribution in [0.25, 0.3) is 0 Å². The summed E-state index contributed by atoms with van der Waals surface area (Å²) >= 11 is 2.16. The smallest absolute Gasteiger partial charge is 0.241 e. The zero-order chi connectivity index (χ0) is 24.6. The molecule has 2 fully saturated rings. The zero-order valence-corrected chi connectivity index (χ0v) is 21.1. The van der Waals surface area contributed by atoms with E-state index in [1.807, 2.05) is 44.2 Å². The van der Waals surface area contributed by atoms with E-state index in [4.69, 9.17) is 4.74 Å². The van der Waals surface area contributed by atoms with Crippen LogP contribution in [0, 0.1) is 29.3 Å². The van der Waals surface area contributed by atoms with E-state index >= 15 is 0 Å². The van der Waals surface area contributed by atoms with Crippen LogP contribution in [-0.2, 0) is 14.3 Å². The van der Waals surface area contributed by atoms with Crippen LogP contribution in [0.4, 0.5) is 5.69 Å². The van der Waals surface area contributed by atoms with E-state index in [0.717, 1.165) is 19.6 Å². The highest BCUT2D eigenvalue weighted by Crippen LogP contribution is 2.57. The van der Waals surface area contributed by atoms with Gasteiger partial charge in [0, 0.05) is 14.7 Å². The monoisotopic (exact) mass is 577 g/mol. The molecule has 174 valence electrons. The number of aryl methyl sites for hydroxylation is 2. The van der Waals surface area contributed by atoms with Crippen LogP contribution in [0.15, 0.2) is 66.7 Å². The molecule has 3 aromatic carbocycles. The number of imide groups is 1. The summed E-state index contributed by atoms with van der Waals surface area (Å²) in [6.07, 6.45) is -0.913. The van der Waals surface area contributed by atoms with Gasteiger partial charge in [-0.2, -0.15) is 0 Å². The SMILES string of the molecule is Cc1ccc(N2C(=O)[C@@H]3[C@@H](C2=O)C2(O[C@H]3c3cccc(I)c3)C(=O)c3ccccc3C2=O)c(C)c1. The normalized spacial score (nSPS) is 24.4. The molecule has 3 atom stereocenters. The fraction of sp³-hybridized carbons (Fsp3) is 0.214. The Bertz CT molecular complexity index is 1440. The second kappa shape index (κ2) is 7.66. The summed E-state index contributed by atoms with van der Waals surface area (Å²) in [5.41, 5.74) is 1.28. The Labute approximate surface area is 215 Å². The molecule has 6 rings (SSSR count). The van der Waals surface area contributed by atoms with Crippen LogP contribution in [0.3, 0.4) is 0 Å². The van der Waals surface area contributed by atoms with Crippen LogP contribution >= 0.6 is 22.6 Å². The van der Waals surface area contributed by atoms with E-state index in [-0.39, 0.29) is 11.1 Å². The molecule has 7 heteroatoms. The summed E-state index contributed by atoms with van der Waals surface area (Å²) in [7, 11) is 0. The molecule has 2 aliphatic heterocycles. The van der Waals surface area contributed by atoms with Crippen LogP contribution in [0.2, 0.25) is 0 Å². The lowest BCUT2D eigenvalue weighted by Gasteiger charge is -2.27. The highest BCUT2D eigenvalue weighted by atomic mass is 127. The second-order valence-electron chi connectivity index (χ2n) is 9.34. The highest BCUT2D eigenvalue weighted by molar-refractivity contribution is 14.1. The third-order valence-electron chi connectivity index (χ3n) is 7.29. The quantitative estimate of drug-likeness (QED) is 0.253. The molecule has 2 amide bonds. The van der Waals surface area contributed by atoms with Crippen molar-refractivity contribution in [3.63, 3.8) is 0 Å². The van der Waals surface area contributed by atoms with E-state index in [0.29, 0.717) is 11.3 Å². The molecule has 3 aromatic rings. The first kappa shape index (κ1) is 22.3. The maximum Gasteiger partial charge on any atom is 0.241 e. The molecule has 3 aliphatic rings. The van der Waals surface area contributed by atoms with Gasteiger partial charge in [0.1, 0.15) is 0 Å². The Balaban J connectivity index is 1.56. The van der Waals surface area contributed by atoms with E-state index in [2.05, 4.69) is 22.6 Å². The molecule has 0 aromatic heterocycles. The molecular formula is C28H20INO5. The lowest BCUT2D eigenvalue weighted by Crippen LogP contribution is -2.51. The molecule has 1 aliphatic carbocycles. The van der Waals surface area contributed by atoms with Gasteiger partial charge in [-0.25, -0.2) is 4.90 Å². The number of ether oxygens (including phenoxy) is 1. The number of amides is 2. The predicted molar refractivity (Wildman–Crippen MR) is 136 cm³/mol. The maximum absolute atomic E-state index is 14.0. The van der Waals surface area contributed by atoms with Crippen molar-refractivity contribution < 1.29 is 23.9 Å². The van der Waals surface area contributed by atoms with Gasteiger partial charge in [-0.1, -0.05) is 54.1 Å². The topological polar surface area (TPSA) is 80.8 Å². The van der Waals surface area contributed by atoms with Crippen LogP contribution in [-0.4, -0.2) is 29.0 Å². The van der Waals surface area contributed by atoms with Crippen molar-refractivity contribution in [1.29, 1.82) is 0 Å². The van der Waals surface area contributed by atoms with Gasteiger partial charge in [0.05, 0.1) is 23.6 Å². The number of carbonyl (C=O) groups excluding carboxylic acids is 4. The number of anilines is 1. The first-order valence-electron chi connectivity index (χ1n) is 11.3. The van der Waals surface area contributed by atoms with Crippen molar-refractivity contribution >= 4 is 51.7 Å². The van der Waals surface area contributed by atoms with Crippen LogP contribution in [0.1, 0.15) is 43.5 Å². The van der Waals surface area contributed by atoms with Crippen molar-refractivity contribution in [3.05, 3.63) is 98.1 Å². The summed E-state index contributed by atoms with van der Waals surface area (Å²) in [4.78, 5) is 56.7. The van der Waals surface area contributed by atoms with E-state index in [1.165, 1.54) is 0 Å². The van der Waals surface area contributed by atoms with Gasteiger partial charge in [0.2, 0.25) is 29.0 Å². The number of halogens is 1. The number of ketones is 2. The molecular weight excluding hydrogens is 557 g/mol. The number of benzene rings is 3. The van der Waals surface area contributed by atoms with Gasteiger partial charge in [0.15, 0.2) is 0 Å². The molecule has 0 unspecified atom stereocenters. The van der Waals surface area contributed by atoms with Gasteiger partial charge in [-0.15, -0.1) is 0 Å². The standard InChI is InChI=1S/C28H20INO5/c1-14-10-11-20(15(2)12-14)30-26(33)21-22(27(30)34)28(35-23(21)16-6-5-7-17(29)13-16)24(31)18-8-3-4-9-19(18)25(28)32/h3-13,21-23H,1-2H3/t21-,22+,23+/m1/s1. The number of Topliss-reactive ketones (excluding diaryl/α,β-unsaturated/α-hetero) is 2. The first-order valence-corrected chi connectivity index (χ1v) is 12.4. The van der Waals surface area contributed by atoms with Crippen molar-refractivity contribution in [3.8, 4) is 0 Å². The van der Waals surface area contributed by atoms with Crippen molar-refractivity contribution in [2.45, 2.75) is 25.6 Å². The summed E-state index contributed by atoms with van der Waals surface area (Å²) < 4.78 is 7.24. The Kier molecular flexibility index (Phi) is 4.88. The third-order valence-corrected chi connectivity index (χ3v) is 7.96. The van der Waals surface area contributed by atoms with Crippen molar-refractivity contribution in [2.75, 3.05) is 4.90 Å². The largest absolute Gasteiger partial charge is 0.349 e.